The van der Waals surface area contributed by atoms with Crippen molar-refractivity contribution in [2.24, 2.45) is 17.8 Å². The number of allylic oxidation sites excluding steroid dienone is 2. The molecule has 0 heteroatoms. The first kappa shape index (κ1) is 4.60. The SMILES string of the molecule is CC1CC(C)C2C=C12. The molecule has 3 unspecified atom stereocenters. The Bertz CT molecular complexity index is 144. The van der Waals surface area contributed by atoms with Gasteiger partial charge >= 0.3 is 0 Å². The van der Waals surface area contributed by atoms with Crippen LogP contribution in [0.1, 0.15) is 20.3 Å². The van der Waals surface area contributed by atoms with Gasteiger partial charge in [0.1, 0.15) is 0 Å². The first-order chi connectivity index (χ1) is 3.79. The molecule has 2 aliphatic rings. The van der Waals surface area contributed by atoms with Gasteiger partial charge in [0.2, 0.25) is 0 Å². The Morgan fingerprint density at radius 1 is 1.50 bits per heavy atom. The second-order valence-corrected chi connectivity index (χ2v) is 3.31. The number of hydrogen-bond donors (Lipinski definition) is 0. The lowest BCUT2D eigenvalue weighted by atomic mass is 10.0. The number of fused-ring (bicyclic) bond motifs is 1. The molecule has 44 valence electrons. The minimum Gasteiger partial charge on any atom is -0.0770 e. The molecular weight excluding hydrogens is 96.1 g/mol. The molecular formula is C8H12. The van der Waals surface area contributed by atoms with Crippen LogP contribution in [0.3, 0.4) is 0 Å². The van der Waals surface area contributed by atoms with Gasteiger partial charge in [-0.05, 0) is 18.3 Å². The van der Waals surface area contributed by atoms with Gasteiger partial charge in [-0.1, -0.05) is 25.5 Å². The quantitative estimate of drug-likeness (QED) is 0.417. The third-order valence-corrected chi connectivity index (χ3v) is 2.56. The van der Waals surface area contributed by atoms with Gasteiger partial charge in [-0.3, -0.25) is 0 Å². The summed E-state index contributed by atoms with van der Waals surface area (Å²) in [5.74, 6) is 2.85. The summed E-state index contributed by atoms with van der Waals surface area (Å²) < 4.78 is 0. The summed E-state index contributed by atoms with van der Waals surface area (Å²) in [7, 11) is 0. The van der Waals surface area contributed by atoms with Crippen LogP contribution in [0.2, 0.25) is 0 Å². The lowest BCUT2D eigenvalue weighted by molar-refractivity contribution is 0.516. The minimum atomic E-state index is 0.926. The Balaban J connectivity index is 2.16. The van der Waals surface area contributed by atoms with Crippen LogP contribution in [0.25, 0.3) is 0 Å². The molecule has 0 aromatic carbocycles. The fourth-order valence-corrected chi connectivity index (χ4v) is 1.99. The summed E-state index contributed by atoms with van der Waals surface area (Å²) in [4.78, 5) is 0. The molecule has 0 saturated heterocycles. The minimum absolute atomic E-state index is 0.926. The molecule has 1 saturated carbocycles. The van der Waals surface area contributed by atoms with Gasteiger partial charge in [0.25, 0.3) is 0 Å². The second kappa shape index (κ2) is 1.18. The van der Waals surface area contributed by atoms with E-state index in [4.69, 9.17) is 0 Å². The summed E-state index contributed by atoms with van der Waals surface area (Å²) in [6.45, 7) is 4.70. The maximum Gasteiger partial charge on any atom is 0.000848 e. The molecule has 2 aliphatic carbocycles. The Kier molecular flexibility index (Phi) is 0.677. The molecule has 1 fully saturated rings. The second-order valence-electron chi connectivity index (χ2n) is 3.31. The van der Waals surface area contributed by atoms with Crippen molar-refractivity contribution in [1.82, 2.24) is 0 Å². The molecule has 0 bridgehead atoms. The predicted octanol–water partition coefficient (Wildman–Crippen LogP) is 2.22. The summed E-state index contributed by atoms with van der Waals surface area (Å²) >= 11 is 0. The van der Waals surface area contributed by atoms with Crippen LogP contribution in [-0.2, 0) is 0 Å². The van der Waals surface area contributed by atoms with Gasteiger partial charge in [0, 0.05) is 5.92 Å². The lowest BCUT2D eigenvalue weighted by Crippen LogP contribution is -1.92. The first-order valence-electron chi connectivity index (χ1n) is 3.50. The van der Waals surface area contributed by atoms with E-state index < -0.39 is 0 Å². The summed E-state index contributed by atoms with van der Waals surface area (Å²) in [5.41, 5.74) is 1.75. The van der Waals surface area contributed by atoms with E-state index in [-0.39, 0.29) is 0 Å². The van der Waals surface area contributed by atoms with Crippen molar-refractivity contribution < 1.29 is 0 Å². The Hall–Kier alpha value is -0.260. The third kappa shape index (κ3) is 0.410. The number of rotatable bonds is 0. The average molecular weight is 108 g/mol. The zero-order valence-electron chi connectivity index (χ0n) is 5.52. The molecule has 0 amide bonds. The zero-order valence-corrected chi connectivity index (χ0v) is 5.52. The van der Waals surface area contributed by atoms with Crippen LogP contribution >= 0.6 is 0 Å². The van der Waals surface area contributed by atoms with E-state index >= 15 is 0 Å². The van der Waals surface area contributed by atoms with Crippen molar-refractivity contribution in [2.75, 3.05) is 0 Å². The first-order valence-corrected chi connectivity index (χ1v) is 3.50. The van der Waals surface area contributed by atoms with Crippen molar-refractivity contribution in [3.8, 4) is 0 Å². The van der Waals surface area contributed by atoms with Crippen LogP contribution < -0.4 is 0 Å². The predicted molar refractivity (Wildman–Crippen MR) is 34.5 cm³/mol. The maximum atomic E-state index is 2.43. The van der Waals surface area contributed by atoms with E-state index in [1.807, 2.05) is 0 Å². The largest absolute Gasteiger partial charge is 0.0770 e. The Labute approximate surface area is 50.6 Å². The molecule has 0 heterocycles. The monoisotopic (exact) mass is 108 g/mol. The third-order valence-electron chi connectivity index (χ3n) is 2.56. The molecule has 8 heavy (non-hydrogen) atoms. The molecule has 0 N–H and O–H groups in total. The summed E-state index contributed by atoms with van der Waals surface area (Å²) in [6.07, 6.45) is 3.87. The molecule has 3 atom stereocenters. The van der Waals surface area contributed by atoms with E-state index in [2.05, 4.69) is 19.9 Å². The van der Waals surface area contributed by atoms with Crippen LogP contribution in [0.5, 0.6) is 0 Å². The van der Waals surface area contributed by atoms with Crippen molar-refractivity contribution in [3.05, 3.63) is 11.6 Å². The van der Waals surface area contributed by atoms with Gasteiger partial charge in [-0.25, -0.2) is 0 Å². The molecule has 0 nitrogen and oxygen atoms in total. The van der Waals surface area contributed by atoms with Gasteiger partial charge in [-0.2, -0.15) is 0 Å². The van der Waals surface area contributed by atoms with Crippen molar-refractivity contribution in [3.63, 3.8) is 0 Å². The van der Waals surface area contributed by atoms with E-state index in [9.17, 15) is 0 Å². The number of hydrogen-bond acceptors (Lipinski definition) is 0. The fourth-order valence-electron chi connectivity index (χ4n) is 1.99. The maximum absolute atomic E-state index is 2.43. The molecule has 0 radical (unpaired) electrons. The topological polar surface area (TPSA) is 0 Å². The highest BCUT2D eigenvalue weighted by Gasteiger charge is 2.40. The molecule has 2 rings (SSSR count). The van der Waals surface area contributed by atoms with Crippen molar-refractivity contribution in [2.45, 2.75) is 20.3 Å². The Morgan fingerprint density at radius 2 is 2.25 bits per heavy atom. The van der Waals surface area contributed by atoms with E-state index in [0.717, 1.165) is 17.8 Å². The van der Waals surface area contributed by atoms with Crippen molar-refractivity contribution >= 4 is 0 Å². The molecule has 0 aromatic heterocycles. The van der Waals surface area contributed by atoms with Crippen LogP contribution in [0.4, 0.5) is 0 Å². The molecule has 0 spiro atoms. The van der Waals surface area contributed by atoms with Gasteiger partial charge < -0.3 is 0 Å². The fraction of sp³-hybridized carbons (Fsp3) is 0.750. The van der Waals surface area contributed by atoms with Gasteiger partial charge in [-0.15, -0.1) is 0 Å². The highest BCUT2D eigenvalue weighted by molar-refractivity contribution is 5.36. The van der Waals surface area contributed by atoms with Crippen LogP contribution in [0.15, 0.2) is 11.6 Å². The van der Waals surface area contributed by atoms with Crippen LogP contribution in [-0.4, -0.2) is 0 Å². The standard InChI is InChI=1S/C8H12/c1-5-3-6(2)8-4-7(5)8/h4-7H,3H2,1-2H3. The Morgan fingerprint density at radius 3 is 2.38 bits per heavy atom. The molecule has 0 aromatic rings. The van der Waals surface area contributed by atoms with Gasteiger partial charge in [0.05, 0.1) is 0 Å². The van der Waals surface area contributed by atoms with Crippen molar-refractivity contribution in [1.29, 1.82) is 0 Å². The zero-order chi connectivity index (χ0) is 5.72. The summed E-state index contributed by atoms with van der Waals surface area (Å²) in [6, 6.07) is 0. The van der Waals surface area contributed by atoms with E-state index in [1.54, 1.807) is 5.57 Å². The highest BCUT2D eigenvalue weighted by Crippen LogP contribution is 2.51. The molecule has 0 aliphatic heterocycles. The lowest BCUT2D eigenvalue weighted by Gasteiger charge is -2.01. The van der Waals surface area contributed by atoms with Gasteiger partial charge in [0.15, 0.2) is 0 Å². The normalized spacial score (nSPS) is 50.8. The van der Waals surface area contributed by atoms with E-state index in [0.29, 0.717) is 0 Å². The van der Waals surface area contributed by atoms with E-state index in [1.165, 1.54) is 6.42 Å². The average Bonchev–Trinajstić information content (AvgIpc) is 2.35. The van der Waals surface area contributed by atoms with Crippen LogP contribution in [0, 0.1) is 17.8 Å². The summed E-state index contributed by atoms with van der Waals surface area (Å²) in [5, 5.41) is 0. The highest BCUT2D eigenvalue weighted by atomic mass is 14.4. The smallest absolute Gasteiger partial charge is 0.000848 e.